The molecular formula is C14H17N5. The number of hydrogen-bond donors (Lipinski definition) is 1. The van der Waals surface area contributed by atoms with Crippen molar-refractivity contribution in [1.82, 2.24) is 19.2 Å². The molecule has 3 aromatic rings. The van der Waals surface area contributed by atoms with Crippen LogP contribution in [0.5, 0.6) is 0 Å². The molecule has 0 saturated heterocycles. The summed E-state index contributed by atoms with van der Waals surface area (Å²) in [5.41, 5.74) is 3.01. The molecule has 5 nitrogen and oxygen atoms in total. The predicted octanol–water partition coefficient (Wildman–Crippen LogP) is 2.72. The van der Waals surface area contributed by atoms with Gasteiger partial charge in [-0.05, 0) is 26.0 Å². The number of hydrogen-bond acceptors (Lipinski definition) is 3. The summed E-state index contributed by atoms with van der Waals surface area (Å²) in [5.74, 6) is 0. The molecule has 0 atom stereocenters. The highest BCUT2D eigenvalue weighted by molar-refractivity contribution is 5.42. The van der Waals surface area contributed by atoms with E-state index in [1.165, 1.54) is 0 Å². The van der Waals surface area contributed by atoms with E-state index in [9.17, 15) is 0 Å². The summed E-state index contributed by atoms with van der Waals surface area (Å²) in [6, 6.07) is 6.37. The molecule has 0 radical (unpaired) electrons. The van der Waals surface area contributed by atoms with Gasteiger partial charge in [0.15, 0.2) is 0 Å². The summed E-state index contributed by atoms with van der Waals surface area (Å²) in [5, 5.41) is 7.64. The van der Waals surface area contributed by atoms with Crippen LogP contribution in [-0.4, -0.2) is 19.2 Å². The van der Waals surface area contributed by atoms with Crippen LogP contribution >= 0.6 is 0 Å². The summed E-state index contributed by atoms with van der Waals surface area (Å²) in [6.45, 7) is 4.92. The molecule has 19 heavy (non-hydrogen) atoms. The first-order valence-electron chi connectivity index (χ1n) is 6.43. The number of pyridine rings is 1. The van der Waals surface area contributed by atoms with Crippen LogP contribution in [0.4, 0.5) is 5.69 Å². The van der Waals surface area contributed by atoms with Crippen molar-refractivity contribution in [3.63, 3.8) is 0 Å². The Morgan fingerprint density at radius 3 is 2.89 bits per heavy atom. The van der Waals surface area contributed by atoms with Crippen LogP contribution in [0.15, 0.2) is 43.0 Å². The van der Waals surface area contributed by atoms with Crippen molar-refractivity contribution in [1.29, 1.82) is 0 Å². The minimum Gasteiger partial charge on any atom is -0.377 e. The maximum absolute atomic E-state index is 4.54. The number of nitrogens with zero attached hydrogens (tertiary/aromatic N) is 4. The Bertz CT molecular complexity index is 647. The van der Waals surface area contributed by atoms with E-state index in [0.29, 0.717) is 12.6 Å². The zero-order valence-corrected chi connectivity index (χ0v) is 11.1. The van der Waals surface area contributed by atoms with Gasteiger partial charge in [0.2, 0.25) is 0 Å². The minimum atomic E-state index is 0.380. The maximum Gasteiger partial charge on any atom is 0.137 e. The molecule has 0 unspecified atom stereocenters. The lowest BCUT2D eigenvalue weighted by molar-refractivity contribution is 0.532. The molecule has 0 bridgehead atoms. The Morgan fingerprint density at radius 2 is 2.16 bits per heavy atom. The van der Waals surface area contributed by atoms with E-state index in [0.717, 1.165) is 17.0 Å². The van der Waals surface area contributed by atoms with Crippen LogP contribution in [0.3, 0.4) is 0 Å². The van der Waals surface area contributed by atoms with E-state index >= 15 is 0 Å². The Morgan fingerprint density at radius 1 is 1.26 bits per heavy atom. The van der Waals surface area contributed by atoms with Crippen molar-refractivity contribution >= 4 is 11.3 Å². The molecule has 1 N–H and O–H groups in total. The molecule has 0 aliphatic carbocycles. The molecule has 0 amide bonds. The van der Waals surface area contributed by atoms with Crippen molar-refractivity contribution in [3.05, 3.63) is 48.7 Å². The van der Waals surface area contributed by atoms with Gasteiger partial charge >= 0.3 is 0 Å². The van der Waals surface area contributed by atoms with E-state index in [2.05, 4.69) is 29.2 Å². The van der Waals surface area contributed by atoms with E-state index in [1.54, 1.807) is 0 Å². The third-order valence-corrected chi connectivity index (χ3v) is 3.02. The Balaban J connectivity index is 1.71. The van der Waals surface area contributed by atoms with Gasteiger partial charge in [0.1, 0.15) is 5.65 Å². The number of rotatable bonds is 4. The fraction of sp³-hybridized carbons (Fsp3) is 0.286. The first-order valence-corrected chi connectivity index (χ1v) is 6.43. The molecule has 98 valence electrons. The van der Waals surface area contributed by atoms with Crippen LogP contribution in [0.2, 0.25) is 0 Å². The first kappa shape index (κ1) is 11.8. The van der Waals surface area contributed by atoms with Crippen LogP contribution < -0.4 is 5.32 Å². The van der Waals surface area contributed by atoms with Gasteiger partial charge in [0.05, 0.1) is 24.1 Å². The molecule has 0 aliphatic rings. The van der Waals surface area contributed by atoms with E-state index in [4.69, 9.17) is 0 Å². The van der Waals surface area contributed by atoms with Crippen molar-refractivity contribution in [2.75, 3.05) is 5.32 Å². The molecule has 3 heterocycles. The quantitative estimate of drug-likeness (QED) is 0.779. The van der Waals surface area contributed by atoms with Crippen LogP contribution in [0, 0.1) is 0 Å². The monoisotopic (exact) mass is 255 g/mol. The van der Waals surface area contributed by atoms with Crippen LogP contribution in [0.1, 0.15) is 25.6 Å². The van der Waals surface area contributed by atoms with Crippen molar-refractivity contribution in [2.24, 2.45) is 0 Å². The second-order valence-corrected chi connectivity index (χ2v) is 4.85. The van der Waals surface area contributed by atoms with E-state index in [-0.39, 0.29) is 0 Å². The second-order valence-electron chi connectivity index (χ2n) is 4.85. The van der Waals surface area contributed by atoms with Gasteiger partial charge in [-0.3, -0.25) is 4.68 Å². The lowest BCUT2D eigenvalue weighted by Gasteiger charge is -2.03. The van der Waals surface area contributed by atoms with Gasteiger partial charge < -0.3 is 9.72 Å². The third-order valence-electron chi connectivity index (χ3n) is 3.02. The Kier molecular flexibility index (Phi) is 2.95. The zero-order chi connectivity index (χ0) is 13.2. The van der Waals surface area contributed by atoms with Crippen LogP contribution in [-0.2, 0) is 6.54 Å². The molecule has 0 aromatic carbocycles. The highest BCUT2D eigenvalue weighted by Gasteiger charge is 2.03. The zero-order valence-electron chi connectivity index (χ0n) is 11.1. The summed E-state index contributed by atoms with van der Waals surface area (Å²) >= 11 is 0. The Hall–Kier alpha value is -2.30. The molecule has 3 aromatic heterocycles. The van der Waals surface area contributed by atoms with Gasteiger partial charge in [-0.1, -0.05) is 6.07 Å². The van der Waals surface area contributed by atoms with Gasteiger partial charge in [-0.15, -0.1) is 0 Å². The van der Waals surface area contributed by atoms with Gasteiger partial charge in [0.25, 0.3) is 0 Å². The molecule has 3 rings (SSSR count). The smallest absolute Gasteiger partial charge is 0.137 e. The number of anilines is 1. The highest BCUT2D eigenvalue weighted by atomic mass is 15.3. The van der Waals surface area contributed by atoms with Crippen molar-refractivity contribution in [2.45, 2.75) is 26.4 Å². The fourth-order valence-electron chi connectivity index (χ4n) is 1.98. The van der Waals surface area contributed by atoms with Gasteiger partial charge in [-0.2, -0.15) is 5.10 Å². The molecular weight excluding hydrogens is 238 g/mol. The largest absolute Gasteiger partial charge is 0.377 e. The predicted molar refractivity (Wildman–Crippen MR) is 75.1 cm³/mol. The third kappa shape index (κ3) is 2.45. The number of aromatic nitrogens is 4. The minimum absolute atomic E-state index is 0.380. The summed E-state index contributed by atoms with van der Waals surface area (Å²) in [4.78, 5) is 4.54. The van der Waals surface area contributed by atoms with Crippen molar-refractivity contribution in [3.8, 4) is 0 Å². The van der Waals surface area contributed by atoms with Gasteiger partial charge in [0, 0.05) is 24.6 Å². The molecule has 0 spiro atoms. The first-order chi connectivity index (χ1) is 9.22. The highest BCUT2D eigenvalue weighted by Crippen LogP contribution is 2.12. The van der Waals surface area contributed by atoms with Gasteiger partial charge in [-0.25, -0.2) is 4.98 Å². The Labute approximate surface area is 111 Å². The van der Waals surface area contributed by atoms with Crippen molar-refractivity contribution < 1.29 is 0 Å². The lowest BCUT2D eigenvalue weighted by atomic mass is 10.4. The number of nitrogens with one attached hydrogen (secondary N) is 1. The molecule has 0 aliphatic heterocycles. The number of fused-ring (bicyclic) bond motifs is 1. The SMILES string of the molecule is CC(C)n1cc(NCc2cn3ccccc3n2)cn1. The van der Waals surface area contributed by atoms with E-state index < -0.39 is 0 Å². The topological polar surface area (TPSA) is 47.2 Å². The normalized spacial score (nSPS) is 11.3. The summed E-state index contributed by atoms with van der Waals surface area (Å²) < 4.78 is 3.96. The molecule has 0 saturated carbocycles. The molecule has 0 fully saturated rings. The standard InChI is InChI=1S/C14H17N5/c1-11(2)19-10-12(8-16-19)15-7-13-9-18-6-4-3-5-14(18)17-13/h3-6,8-11,15H,7H2,1-2H3. The average molecular weight is 255 g/mol. The lowest BCUT2D eigenvalue weighted by Crippen LogP contribution is -2.01. The van der Waals surface area contributed by atoms with Crippen LogP contribution in [0.25, 0.3) is 5.65 Å². The fourth-order valence-corrected chi connectivity index (χ4v) is 1.98. The maximum atomic E-state index is 4.54. The number of imidazole rings is 1. The van der Waals surface area contributed by atoms with E-state index in [1.807, 2.05) is 52.1 Å². The summed E-state index contributed by atoms with van der Waals surface area (Å²) in [6.07, 6.45) is 7.90. The average Bonchev–Trinajstić information content (AvgIpc) is 3.02. The molecule has 5 heteroatoms. The summed E-state index contributed by atoms with van der Waals surface area (Å²) in [7, 11) is 0. The second kappa shape index (κ2) is 4.76.